The maximum atomic E-state index is 10.8. The zero-order valence-corrected chi connectivity index (χ0v) is 14.2. The van der Waals surface area contributed by atoms with Crippen LogP contribution in [0.2, 0.25) is 0 Å². The molecule has 0 aliphatic carbocycles. The van der Waals surface area contributed by atoms with E-state index in [2.05, 4.69) is 43.3 Å². The summed E-state index contributed by atoms with van der Waals surface area (Å²) < 4.78 is 1.36. The Kier molecular flexibility index (Phi) is 5.07. The van der Waals surface area contributed by atoms with Crippen LogP contribution < -0.4 is 10.6 Å². The molecule has 23 heavy (non-hydrogen) atoms. The molecule has 0 saturated carbocycles. The number of nitrogens with one attached hydrogen (secondary N) is 2. The van der Waals surface area contributed by atoms with Crippen molar-refractivity contribution >= 4 is 5.95 Å². The monoisotopic (exact) mass is 325 g/mol. The van der Waals surface area contributed by atoms with Gasteiger partial charge in [0.2, 0.25) is 0 Å². The molecule has 0 spiro atoms. The van der Waals surface area contributed by atoms with Crippen LogP contribution in [-0.2, 0) is 6.54 Å². The van der Waals surface area contributed by atoms with Gasteiger partial charge < -0.3 is 25.9 Å². The van der Waals surface area contributed by atoms with Crippen molar-refractivity contribution in [3.05, 3.63) is 22.5 Å². The van der Waals surface area contributed by atoms with Gasteiger partial charge in [0.15, 0.2) is 0 Å². The van der Waals surface area contributed by atoms with Crippen molar-refractivity contribution < 1.29 is 10.0 Å². The van der Waals surface area contributed by atoms with E-state index in [9.17, 15) is 15.2 Å². The van der Waals surface area contributed by atoms with Crippen molar-refractivity contribution in [1.29, 1.82) is 0 Å². The zero-order valence-electron chi connectivity index (χ0n) is 14.2. The Morgan fingerprint density at radius 1 is 1.48 bits per heavy atom. The van der Waals surface area contributed by atoms with E-state index < -0.39 is 11.0 Å². The number of rotatable bonds is 6. The van der Waals surface area contributed by atoms with Gasteiger partial charge >= 0.3 is 5.95 Å². The van der Waals surface area contributed by atoms with Crippen LogP contribution in [-0.4, -0.2) is 49.3 Å². The van der Waals surface area contributed by atoms with Crippen LogP contribution in [0, 0.1) is 10.1 Å². The van der Waals surface area contributed by atoms with E-state index in [1.165, 1.54) is 17.0 Å². The number of hydrogen-bond donors (Lipinski definition) is 3. The fourth-order valence-corrected chi connectivity index (χ4v) is 3.68. The molecule has 1 atom stereocenters. The van der Waals surface area contributed by atoms with Crippen molar-refractivity contribution in [2.24, 2.45) is 0 Å². The zero-order chi connectivity index (χ0) is 17.3. The van der Waals surface area contributed by atoms with Crippen LogP contribution in [0.4, 0.5) is 5.95 Å². The minimum absolute atomic E-state index is 0.0352. The quantitative estimate of drug-likeness (QED) is 0.533. The van der Waals surface area contributed by atoms with Gasteiger partial charge in [0, 0.05) is 23.7 Å². The van der Waals surface area contributed by atoms with Gasteiger partial charge in [-0.15, -0.1) is 0 Å². The van der Waals surface area contributed by atoms with Crippen LogP contribution in [0.3, 0.4) is 0 Å². The van der Waals surface area contributed by atoms with Gasteiger partial charge in [-0.3, -0.25) is 0 Å². The maximum Gasteiger partial charge on any atom is 0.434 e. The summed E-state index contributed by atoms with van der Waals surface area (Å²) in [5, 5.41) is 28.0. The van der Waals surface area contributed by atoms with E-state index >= 15 is 0 Å². The van der Waals surface area contributed by atoms with E-state index in [1.54, 1.807) is 0 Å². The lowest BCUT2D eigenvalue weighted by Crippen LogP contribution is -2.62. The molecule has 2 rings (SSSR count). The van der Waals surface area contributed by atoms with Crippen molar-refractivity contribution in [2.75, 3.05) is 6.54 Å². The molecule has 1 aromatic heterocycles. The summed E-state index contributed by atoms with van der Waals surface area (Å²) in [6.07, 6.45) is 4.11. The average molecular weight is 325 g/mol. The average Bonchev–Trinajstić information content (AvgIpc) is 2.81. The van der Waals surface area contributed by atoms with Crippen LogP contribution in [0.1, 0.15) is 40.5 Å². The molecule has 1 unspecified atom stereocenters. The second-order valence-electron chi connectivity index (χ2n) is 7.70. The molecule has 2 heterocycles. The molecule has 130 valence electrons. The number of imidazole rings is 1. The summed E-state index contributed by atoms with van der Waals surface area (Å²) in [6, 6.07) is 0.300. The second kappa shape index (κ2) is 6.54. The fourth-order valence-electron chi connectivity index (χ4n) is 3.68. The summed E-state index contributed by atoms with van der Waals surface area (Å²) in [5.41, 5.74) is 0.0704. The molecule has 1 saturated heterocycles. The Morgan fingerprint density at radius 2 is 2.09 bits per heavy atom. The Labute approximate surface area is 136 Å². The van der Waals surface area contributed by atoms with E-state index in [1.807, 2.05) is 0 Å². The number of hydrogen-bond acceptors (Lipinski definition) is 6. The molecule has 0 bridgehead atoms. The number of aromatic nitrogens is 2. The first-order valence-corrected chi connectivity index (χ1v) is 7.94. The lowest BCUT2D eigenvalue weighted by molar-refractivity contribution is -0.397. The van der Waals surface area contributed by atoms with Crippen molar-refractivity contribution in [3.63, 3.8) is 0 Å². The Hall–Kier alpha value is -1.51. The van der Waals surface area contributed by atoms with Gasteiger partial charge in [0.25, 0.3) is 0 Å². The Morgan fingerprint density at radius 3 is 2.65 bits per heavy atom. The molecule has 1 fully saturated rings. The highest BCUT2D eigenvalue weighted by molar-refractivity contribution is 5.06. The van der Waals surface area contributed by atoms with E-state index in [0.717, 1.165) is 12.8 Å². The molecule has 1 aliphatic rings. The van der Waals surface area contributed by atoms with E-state index in [4.69, 9.17) is 0 Å². The van der Waals surface area contributed by atoms with E-state index in [0.29, 0.717) is 12.6 Å². The van der Waals surface area contributed by atoms with Crippen molar-refractivity contribution in [2.45, 2.75) is 70.3 Å². The summed E-state index contributed by atoms with van der Waals surface area (Å²) in [4.78, 5) is 14.0. The van der Waals surface area contributed by atoms with Gasteiger partial charge in [-0.1, -0.05) is 4.98 Å². The molecular formula is C15H27N5O3. The third-order valence-electron chi connectivity index (χ3n) is 4.10. The number of piperidine rings is 1. The Bertz CT molecular complexity index is 539. The number of aliphatic hydroxyl groups excluding tert-OH is 1. The first-order chi connectivity index (χ1) is 10.6. The highest BCUT2D eigenvalue weighted by atomic mass is 16.6. The topological polar surface area (TPSA) is 105 Å². The minimum Gasteiger partial charge on any atom is -0.390 e. The van der Waals surface area contributed by atoms with Gasteiger partial charge in [-0.25, -0.2) is 4.57 Å². The lowest BCUT2D eigenvalue weighted by Gasteiger charge is -2.47. The highest BCUT2D eigenvalue weighted by Gasteiger charge is 2.37. The number of aliphatic hydroxyl groups is 1. The normalized spacial score (nSPS) is 22.0. The van der Waals surface area contributed by atoms with Crippen LogP contribution in [0.25, 0.3) is 0 Å². The third-order valence-corrected chi connectivity index (χ3v) is 4.10. The molecule has 3 N–H and O–H groups in total. The minimum atomic E-state index is -0.705. The molecular weight excluding hydrogens is 298 g/mol. The summed E-state index contributed by atoms with van der Waals surface area (Å²) in [6.45, 7) is 9.25. The first kappa shape index (κ1) is 17.8. The molecule has 0 amide bonds. The third kappa shape index (κ3) is 4.98. The molecule has 8 heteroatoms. The highest BCUT2D eigenvalue weighted by Crippen LogP contribution is 2.28. The first-order valence-electron chi connectivity index (χ1n) is 7.94. The number of nitrogens with zero attached hydrogens (tertiary/aromatic N) is 3. The standard InChI is InChI=1S/C15H27N5O3/c1-14(2)7-11(8-15(3,4)18-14)17-9-12(21)10-19-6-5-16-13(19)20(22)23/h5-6,11-12,17-18,21H,7-10H2,1-4H3. The van der Waals surface area contributed by atoms with Crippen molar-refractivity contribution in [1.82, 2.24) is 20.2 Å². The fraction of sp³-hybridized carbons (Fsp3) is 0.800. The molecule has 1 aliphatic heterocycles. The molecule has 0 radical (unpaired) electrons. The smallest absolute Gasteiger partial charge is 0.390 e. The van der Waals surface area contributed by atoms with Gasteiger partial charge in [-0.2, -0.15) is 0 Å². The van der Waals surface area contributed by atoms with Crippen LogP contribution >= 0.6 is 0 Å². The Balaban J connectivity index is 1.88. The summed E-state index contributed by atoms with van der Waals surface area (Å²) >= 11 is 0. The largest absolute Gasteiger partial charge is 0.434 e. The lowest BCUT2D eigenvalue weighted by atomic mass is 9.79. The predicted molar refractivity (Wildman–Crippen MR) is 87.2 cm³/mol. The summed E-state index contributed by atoms with van der Waals surface area (Å²) in [7, 11) is 0. The maximum absolute atomic E-state index is 10.8. The second-order valence-corrected chi connectivity index (χ2v) is 7.70. The summed E-state index contributed by atoms with van der Waals surface area (Å²) in [5.74, 6) is -0.242. The van der Waals surface area contributed by atoms with Crippen LogP contribution in [0.15, 0.2) is 12.4 Å². The molecule has 1 aromatic rings. The molecule has 0 aromatic carbocycles. The number of nitro groups is 1. The van der Waals surface area contributed by atoms with Gasteiger partial charge in [0.1, 0.15) is 12.4 Å². The predicted octanol–water partition coefficient (Wildman–Crippen LogP) is 1.05. The van der Waals surface area contributed by atoms with Crippen molar-refractivity contribution in [3.8, 4) is 0 Å². The van der Waals surface area contributed by atoms with Crippen LogP contribution in [0.5, 0.6) is 0 Å². The SMILES string of the molecule is CC1(C)CC(NCC(O)Cn2ccnc2[N+](=O)[O-])CC(C)(C)N1. The molecule has 8 nitrogen and oxygen atoms in total. The van der Waals surface area contributed by atoms with Gasteiger partial charge in [-0.05, 0) is 45.5 Å². The van der Waals surface area contributed by atoms with E-state index in [-0.39, 0.29) is 23.6 Å². The van der Waals surface area contributed by atoms with Gasteiger partial charge in [0.05, 0.1) is 12.6 Å².